The lowest BCUT2D eigenvalue weighted by molar-refractivity contribution is -0.148. The molecule has 2 aliphatic heterocycles. The zero-order chi connectivity index (χ0) is 23.5. The zero-order valence-electron chi connectivity index (χ0n) is 17.7. The van der Waals surface area contributed by atoms with Crippen molar-refractivity contribution in [3.05, 3.63) is 52.6 Å². The molecule has 1 spiro atoms. The summed E-state index contributed by atoms with van der Waals surface area (Å²) in [4.78, 5) is 51.4. The van der Waals surface area contributed by atoms with Crippen LogP contribution in [0.4, 0.5) is 5.69 Å². The largest absolute Gasteiger partial charge is 0.469 e. The summed E-state index contributed by atoms with van der Waals surface area (Å²) in [5, 5.41) is 2.85. The van der Waals surface area contributed by atoms with Gasteiger partial charge in [0.05, 0.1) is 20.8 Å². The molecule has 0 saturated carbocycles. The molecule has 0 radical (unpaired) electrons. The lowest BCUT2D eigenvalue weighted by Crippen LogP contribution is -2.47. The van der Waals surface area contributed by atoms with E-state index in [2.05, 4.69) is 10.1 Å². The van der Waals surface area contributed by atoms with E-state index in [-0.39, 0.29) is 41.5 Å². The molecule has 3 N–H and O–H groups in total. The first-order chi connectivity index (χ1) is 15.3. The third-order valence-electron chi connectivity index (χ3n) is 5.07. The third-order valence-corrected chi connectivity index (χ3v) is 5.07. The van der Waals surface area contributed by atoms with E-state index in [0.717, 1.165) is 14.2 Å². The Bertz CT molecular complexity index is 1040. The van der Waals surface area contributed by atoms with Gasteiger partial charge in [0.25, 0.3) is 0 Å². The fraction of sp³-hybridized carbons (Fsp3) is 0.333. The molecule has 11 heteroatoms. The van der Waals surface area contributed by atoms with Crippen LogP contribution in [0.1, 0.15) is 12.0 Å². The first-order valence-electron chi connectivity index (χ1n) is 9.46. The molecule has 0 aliphatic carbocycles. The highest BCUT2D eigenvalue weighted by Gasteiger charge is 2.63. The second kappa shape index (κ2) is 9.10. The van der Waals surface area contributed by atoms with E-state index >= 15 is 0 Å². The quantitative estimate of drug-likeness (QED) is 0.337. The van der Waals surface area contributed by atoms with Gasteiger partial charge < -0.3 is 34.7 Å². The summed E-state index contributed by atoms with van der Waals surface area (Å²) in [6.07, 6.45) is -0.546. The number of carbonyl (C=O) groups is 4. The van der Waals surface area contributed by atoms with Gasteiger partial charge in [0.15, 0.2) is 5.41 Å². The molecule has 32 heavy (non-hydrogen) atoms. The first-order valence-corrected chi connectivity index (χ1v) is 9.46. The maximum atomic E-state index is 13.4. The molecule has 1 atom stereocenters. The minimum absolute atomic E-state index is 0.0909. The van der Waals surface area contributed by atoms with Crippen molar-refractivity contribution in [2.75, 3.05) is 39.9 Å². The SMILES string of the molecule is COCCOC(=O)C1=C(N)Nc2ccccc2[C@@]12C(=O)OC(CC(=O)OC)=C2C(=O)OC. The van der Waals surface area contributed by atoms with Crippen molar-refractivity contribution in [3.63, 3.8) is 0 Å². The summed E-state index contributed by atoms with van der Waals surface area (Å²) >= 11 is 0. The highest BCUT2D eigenvalue weighted by molar-refractivity contribution is 6.16. The van der Waals surface area contributed by atoms with Gasteiger partial charge in [-0.15, -0.1) is 0 Å². The number of rotatable bonds is 7. The summed E-state index contributed by atoms with van der Waals surface area (Å²) in [6.45, 7) is -0.0428. The van der Waals surface area contributed by atoms with Crippen LogP contribution in [0.5, 0.6) is 0 Å². The number of hydrogen-bond donors (Lipinski definition) is 2. The molecule has 1 aromatic carbocycles. The number of nitrogens with one attached hydrogen (secondary N) is 1. The van der Waals surface area contributed by atoms with E-state index in [0.29, 0.717) is 5.69 Å². The number of ether oxygens (including phenoxy) is 5. The molecule has 0 saturated heterocycles. The number of fused-ring (bicyclic) bond motifs is 2. The number of cyclic esters (lactones) is 1. The molecular formula is C21H22N2O9. The minimum atomic E-state index is -2.12. The van der Waals surface area contributed by atoms with Gasteiger partial charge in [-0.3, -0.25) is 4.79 Å². The van der Waals surface area contributed by atoms with E-state index in [1.165, 1.54) is 13.2 Å². The summed E-state index contributed by atoms with van der Waals surface area (Å²) in [6, 6.07) is 6.42. The average Bonchev–Trinajstić information content (AvgIpc) is 3.04. The summed E-state index contributed by atoms with van der Waals surface area (Å²) in [5.74, 6) is -4.26. The number of para-hydroxylation sites is 1. The molecule has 3 rings (SSSR count). The molecule has 0 fully saturated rings. The number of methoxy groups -OCH3 is 3. The van der Waals surface area contributed by atoms with Crippen molar-refractivity contribution in [1.82, 2.24) is 0 Å². The van der Waals surface area contributed by atoms with Crippen molar-refractivity contribution < 1.29 is 42.9 Å². The highest BCUT2D eigenvalue weighted by Crippen LogP contribution is 2.53. The molecule has 2 aliphatic rings. The fourth-order valence-electron chi connectivity index (χ4n) is 3.74. The van der Waals surface area contributed by atoms with Crippen molar-refractivity contribution in [2.24, 2.45) is 5.73 Å². The second-order valence-electron chi connectivity index (χ2n) is 6.77. The van der Waals surface area contributed by atoms with E-state index in [9.17, 15) is 19.2 Å². The predicted molar refractivity (Wildman–Crippen MR) is 108 cm³/mol. The molecule has 0 unspecified atom stereocenters. The van der Waals surface area contributed by atoms with E-state index in [1.54, 1.807) is 18.2 Å². The van der Waals surface area contributed by atoms with Gasteiger partial charge in [-0.2, -0.15) is 0 Å². The molecule has 1 aromatic rings. The second-order valence-corrected chi connectivity index (χ2v) is 6.77. The molecule has 2 heterocycles. The van der Waals surface area contributed by atoms with Gasteiger partial charge in [-0.25, -0.2) is 14.4 Å². The van der Waals surface area contributed by atoms with Crippen LogP contribution < -0.4 is 11.1 Å². The third kappa shape index (κ3) is 3.56. The van der Waals surface area contributed by atoms with E-state index in [1.807, 2.05) is 0 Å². The van der Waals surface area contributed by atoms with Gasteiger partial charge in [0.1, 0.15) is 35.8 Å². The van der Waals surface area contributed by atoms with Gasteiger partial charge in [0.2, 0.25) is 0 Å². The van der Waals surface area contributed by atoms with Crippen LogP contribution >= 0.6 is 0 Å². The lowest BCUT2D eigenvalue weighted by Gasteiger charge is -2.35. The lowest BCUT2D eigenvalue weighted by atomic mass is 9.66. The van der Waals surface area contributed by atoms with E-state index < -0.39 is 35.7 Å². The monoisotopic (exact) mass is 446 g/mol. The maximum absolute atomic E-state index is 13.4. The minimum Gasteiger partial charge on any atom is -0.469 e. The Hall–Kier alpha value is -3.86. The zero-order valence-corrected chi connectivity index (χ0v) is 17.7. The highest BCUT2D eigenvalue weighted by atomic mass is 16.6. The average molecular weight is 446 g/mol. The molecule has 11 nitrogen and oxygen atoms in total. The van der Waals surface area contributed by atoms with Crippen molar-refractivity contribution in [3.8, 4) is 0 Å². The Kier molecular flexibility index (Phi) is 6.49. The number of hydrogen-bond acceptors (Lipinski definition) is 11. The van der Waals surface area contributed by atoms with Crippen molar-refractivity contribution >= 4 is 29.6 Å². The van der Waals surface area contributed by atoms with Crippen molar-refractivity contribution in [2.45, 2.75) is 11.8 Å². The number of anilines is 1. The smallest absolute Gasteiger partial charge is 0.339 e. The Labute approximate surface area is 183 Å². The van der Waals surface area contributed by atoms with Crippen LogP contribution in [0.15, 0.2) is 47.0 Å². The van der Waals surface area contributed by atoms with E-state index in [4.69, 9.17) is 24.7 Å². The molecule has 170 valence electrons. The summed E-state index contributed by atoms with van der Waals surface area (Å²) < 4.78 is 25.0. The first kappa shape index (κ1) is 22.8. The molecule has 0 aromatic heterocycles. The summed E-state index contributed by atoms with van der Waals surface area (Å²) in [5.41, 5.74) is 3.88. The number of benzene rings is 1. The van der Waals surface area contributed by atoms with Gasteiger partial charge in [-0.1, -0.05) is 18.2 Å². The number of carbonyl (C=O) groups excluding carboxylic acids is 4. The Balaban J connectivity index is 2.31. The van der Waals surface area contributed by atoms with Crippen molar-refractivity contribution in [1.29, 1.82) is 0 Å². The van der Waals surface area contributed by atoms with Crippen LogP contribution in [-0.4, -0.2) is 58.4 Å². The van der Waals surface area contributed by atoms with Crippen LogP contribution in [-0.2, 0) is 48.3 Å². The van der Waals surface area contributed by atoms with Crippen LogP contribution in [0.3, 0.4) is 0 Å². The molecular weight excluding hydrogens is 424 g/mol. The normalized spacial score (nSPS) is 19.3. The Morgan fingerprint density at radius 1 is 1.03 bits per heavy atom. The number of nitrogens with two attached hydrogens (primary N) is 1. The standard InChI is InChI=1S/C21H22N2O9/c1-28-8-9-31-19(26)16-17(22)23-12-7-5-4-6-11(12)21(16)15(18(25)30-3)13(32-20(21)27)10-14(24)29-2/h4-7,23H,8-10,22H2,1-3H3/t21-/m0/s1. The topological polar surface area (TPSA) is 152 Å². The van der Waals surface area contributed by atoms with Crippen LogP contribution in [0, 0.1) is 0 Å². The van der Waals surface area contributed by atoms with Crippen LogP contribution in [0.2, 0.25) is 0 Å². The molecule has 0 amide bonds. The molecule has 0 bridgehead atoms. The maximum Gasteiger partial charge on any atom is 0.339 e. The Morgan fingerprint density at radius 3 is 2.41 bits per heavy atom. The Morgan fingerprint density at radius 2 is 1.75 bits per heavy atom. The fourth-order valence-corrected chi connectivity index (χ4v) is 3.74. The summed E-state index contributed by atoms with van der Waals surface area (Å²) in [7, 11) is 3.66. The van der Waals surface area contributed by atoms with Gasteiger partial charge in [0, 0.05) is 18.4 Å². The van der Waals surface area contributed by atoms with Gasteiger partial charge >= 0.3 is 23.9 Å². The number of esters is 4. The predicted octanol–water partition coefficient (Wildman–Crippen LogP) is 0.257. The van der Waals surface area contributed by atoms with Gasteiger partial charge in [-0.05, 0) is 6.07 Å². The van der Waals surface area contributed by atoms with Crippen LogP contribution in [0.25, 0.3) is 0 Å².